The molecule has 4 aliphatic rings. The van der Waals surface area contributed by atoms with Crippen molar-refractivity contribution >= 4 is 45.9 Å². The first-order chi connectivity index (χ1) is 24.4. The molecule has 3 saturated heterocycles. The number of anilines is 2. The maximum absolute atomic E-state index is 13.4. The first-order valence-corrected chi connectivity index (χ1v) is 18.0. The topological polar surface area (TPSA) is 115 Å². The fourth-order valence-corrected chi connectivity index (χ4v) is 8.70. The lowest BCUT2D eigenvalue weighted by Gasteiger charge is -2.42. The lowest BCUT2D eigenvalue weighted by molar-refractivity contribution is -0.128. The van der Waals surface area contributed by atoms with Gasteiger partial charge in [0.1, 0.15) is 18.7 Å². The van der Waals surface area contributed by atoms with Crippen molar-refractivity contribution in [2.75, 3.05) is 55.7 Å². The van der Waals surface area contributed by atoms with Gasteiger partial charge in [0.25, 0.3) is 0 Å². The number of ether oxygens (including phenoxy) is 1. The Morgan fingerprint density at radius 3 is 2.68 bits per heavy atom. The van der Waals surface area contributed by atoms with E-state index < -0.39 is 0 Å². The summed E-state index contributed by atoms with van der Waals surface area (Å²) in [6, 6.07) is 14.7. The molecule has 0 radical (unpaired) electrons. The predicted octanol–water partition coefficient (Wildman–Crippen LogP) is 5.79. The van der Waals surface area contributed by atoms with Crippen molar-refractivity contribution in [3.05, 3.63) is 76.6 Å². The Labute approximate surface area is 297 Å². The van der Waals surface area contributed by atoms with Crippen LogP contribution in [0.15, 0.2) is 53.2 Å². The van der Waals surface area contributed by atoms with Crippen molar-refractivity contribution in [1.82, 2.24) is 24.8 Å². The molecule has 258 valence electrons. The van der Waals surface area contributed by atoms with Crippen molar-refractivity contribution in [2.24, 2.45) is 0 Å². The quantitative estimate of drug-likeness (QED) is 0.210. The van der Waals surface area contributed by atoms with E-state index in [1.165, 1.54) is 18.9 Å². The Balaban J connectivity index is 1.09. The minimum absolute atomic E-state index is 0.0619. The molecule has 0 N–H and O–H groups in total. The molecule has 0 spiro atoms. The first kappa shape index (κ1) is 32.5. The maximum atomic E-state index is 13.4. The van der Waals surface area contributed by atoms with Gasteiger partial charge < -0.3 is 23.9 Å². The lowest BCUT2D eigenvalue weighted by Crippen LogP contribution is -2.55. The van der Waals surface area contributed by atoms with Crippen LogP contribution in [-0.2, 0) is 17.8 Å². The molecular formula is C38H41ClN8O3. The second-order valence-electron chi connectivity index (χ2n) is 13.9. The van der Waals surface area contributed by atoms with Crippen LogP contribution in [-0.4, -0.2) is 88.1 Å². The van der Waals surface area contributed by atoms with Gasteiger partial charge in [0, 0.05) is 55.0 Å². The lowest BCUT2D eigenvalue weighted by atomic mass is 9.95. The molecule has 11 nitrogen and oxygen atoms in total. The summed E-state index contributed by atoms with van der Waals surface area (Å²) in [6.45, 7) is 7.53. The normalized spacial score (nSPS) is 20.3. The molecule has 6 heterocycles. The number of piperazine rings is 1. The molecule has 8 rings (SSSR count). The molecule has 0 saturated carbocycles. The number of nitriles is 1. The summed E-state index contributed by atoms with van der Waals surface area (Å²) in [4.78, 5) is 36.7. The third-order valence-electron chi connectivity index (χ3n) is 10.9. The number of hydrogen-bond donors (Lipinski definition) is 0. The summed E-state index contributed by atoms with van der Waals surface area (Å²) >= 11 is 6.76. The summed E-state index contributed by atoms with van der Waals surface area (Å²) in [5.74, 6) is 1.05. The fourth-order valence-electron chi connectivity index (χ4n) is 8.42. The third-order valence-corrected chi connectivity index (χ3v) is 11.2. The summed E-state index contributed by atoms with van der Waals surface area (Å²) in [5, 5.41) is 12.7. The molecule has 1 atom stereocenters. The number of fused-ring (bicyclic) bond motifs is 3. The highest BCUT2D eigenvalue weighted by Crippen LogP contribution is 2.40. The molecule has 0 unspecified atom stereocenters. The summed E-state index contributed by atoms with van der Waals surface area (Å²) in [7, 11) is 0. The number of aryl methyl sites for hydroxylation is 1. The molecule has 2 aromatic heterocycles. The van der Waals surface area contributed by atoms with Crippen LogP contribution in [0.4, 0.5) is 11.5 Å². The average molecular weight is 693 g/mol. The van der Waals surface area contributed by atoms with E-state index >= 15 is 0 Å². The molecule has 12 heteroatoms. The van der Waals surface area contributed by atoms with Crippen molar-refractivity contribution < 1.29 is 13.9 Å². The molecular weight excluding hydrogens is 652 g/mol. The van der Waals surface area contributed by atoms with Crippen molar-refractivity contribution in [3.63, 3.8) is 0 Å². The minimum Gasteiger partial charge on any atom is -0.461 e. The monoisotopic (exact) mass is 692 g/mol. The molecule has 0 aliphatic carbocycles. The second kappa shape index (κ2) is 13.6. The van der Waals surface area contributed by atoms with Crippen LogP contribution in [0.25, 0.3) is 16.8 Å². The predicted molar refractivity (Wildman–Crippen MR) is 192 cm³/mol. The van der Waals surface area contributed by atoms with E-state index in [4.69, 9.17) is 30.7 Å². The van der Waals surface area contributed by atoms with Gasteiger partial charge >= 0.3 is 6.01 Å². The van der Waals surface area contributed by atoms with Gasteiger partial charge in [-0.05, 0) is 69.6 Å². The van der Waals surface area contributed by atoms with E-state index in [-0.39, 0.29) is 23.9 Å². The number of hydrogen-bond acceptors (Lipinski definition) is 10. The molecule has 4 aliphatic heterocycles. The van der Waals surface area contributed by atoms with Crippen LogP contribution >= 0.6 is 11.6 Å². The number of halogens is 1. The van der Waals surface area contributed by atoms with Crippen LogP contribution in [0.5, 0.6) is 6.01 Å². The van der Waals surface area contributed by atoms with E-state index in [9.17, 15) is 10.1 Å². The van der Waals surface area contributed by atoms with Gasteiger partial charge in [-0.1, -0.05) is 35.9 Å². The van der Waals surface area contributed by atoms with E-state index in [1.54, 1.807) is 17.2 Å². The van der Waals surface area contributed by atoms with E-state index in [0.717, 1.165) is 83.1 Å². The number of benzene rings is 2. The van der Waals surface area contributed by atoms with Crippen LogP contribution in [0.1, 0.15) is 54.9 Å². The number of oxazole rings is 1. The van der Waals surface area contributed by atoms with Gasteiger partial charge in [0.2, 0.25) is 11.8 Å². The van der Waals surface area contributed by atoms with E-state index in [2.05, 4.69) is 50.0 Å². The number of carbonyl (C=O) groups is 1. The average Bonchev–Trinajstić information content (AvgIpc) is 3.85. The Hall–Kier alpha value is -4.66. The minimum atomic E-state index is -0.311. The number of nitrogens with zero attached hydrogens (tertiary/aromatic N) is 8. The molecule has 3 fully saturated rings. The van der Waals surface area contributed by atoms with Crippen LogP contribution in [0.3, 0.4) is 0 Å². The molecule has 50 heavy (non-hydrogen) atoms. The Morgan fingerprint density at radius 2 is 1.90 bits per heavy atom. The van der Waals surface area contributed by atoms with Crippen LogP contribution in [0.2, 0.25) is 5.02 Å². The molecule has 0 bridgehead atoms. The second-order valence-corrected chi connectivity index (χ2v) is 14.3. The van der Waals surface area contributed by atoms with Crippen molar-refractivity contribution in [3.8, 4) is 12.1 Å². The zero-order valence-corrected chi connectivity index (χ0v) is 29.1. The standard InChI is InChI=1S/C38H41ClN8O3/c1-26-24-49-33(41-26)10-11-34(48)47-21-20-45(22-28(47)12-16-40)36-29-13-19-44(32-9-3-7-27-6-2-8-30(39)35(27)32)23-31(29)42-37(43-36)50-25-38-14-4-17-46(38)18-5-15-38/h2-3,6-11,24,28H,4-5,12-15,17-23,25H2,1H3/b11-10+/t28-/m0/s1. The fraction of sp³-hybridized carbons (Fsp3) is 0.447. The van der Waals surface area contributed by atoms with Gasteiger partial charge in [-0.15, -0.1) is 0 Å². The van der Waals surface area contributed by atoms with Gasteiger partial charge in [-0.2, -0.15) is 15.2 Å². The zero-order valence-electron chi connectivity index (χ0n) is 28.4. The van der Waals surface area contributed by atoms with Crippen molar-refractivity contribution in [2.45, 2.75) is 63.6 Å². The maximum Gasteiger partial charge on any atom is 0.318 e. The number of carbonyl (C=O) groups excluding carboxylic acids is 1. The van der Waals surface area contributed by atoms with Gasteiger partial charge in [0.15, 0.2) is 0 Å². The van der Waals surface area contributed by atoms with E-state index in [1.807, 2.05) is 19.1 Å². The Kier molecular flexibility index (Phi) is 8.83. The zero-order chi connectivity index (χ0) is 34.2. The number of rotatable bonds is 8. The summed E-state index contributed by atoms with van der Waals surface area (Å²) < 4.78 is 11.9. The number of amides is 1. The van der Waals surface area contributed by atoms with Crippen molar-refractivity contribution in [1.29, 1.82) is 5.26 Å². The molecule has 4 aromatic rings. The highest BCUT2D eigenvalue weighted by atomic mass is 35.5. The van der Waals surface area contributed by atoms with Gasteiger partial charge in [-0.25, -0.2) is 4.98 Å². The molecule has 2 aromatic carbocycles. The van der Waals surface area contributed by atoms with Gasteiger partial charge in [-0.3, -0.25) is 9.69 Å². The highest BCUT2D eigenvalue weighted by molar-refractivity contribution is 6.36. The Bertz CT molecular complexity index is 1970. The van der Waals surface area contributed by atoms with Gasteiger partial charge in [0.05, 0.1) is 47.0 Å². The largest absolute Gasteiger partial charge is 0.461 e. The summed E-state index contributed by atoms with van der Waals surface area (Å²) in [5.41, 5.74) is 3.93. The SMILES string of the molecule is Cc1coc(/C=C/C(=O)N2CCN(c3nc(OCC45CCCN4CCC5)nc4c3CCN(c3cccc5cccc(Cl)c35)C4)C[C@@H]2CC#N)n1. The third kappa shape index (κ3) is 6.16. The van der Waals surface area contributed by atoms with Crippen LogP contribution < -0.4 is 14.5 Å². The van der Waals surface area contributed by atoms with Crippen LogP contribution in [0, 0.1) is 18.3 Å². The number of aromatic nitrogens is 3. The first-order valence-electron chi connectivity index (χ1n) is 17.6. The summed E-state index contributed by atoms with van der Waals surface area (Å²) in [6.07, 6.45) is 10.2. The smallest absolute Gasteiger partial charge is 0.318 e. The Morgan fingerprint density at radius 1 is 1.08 bits per heavy atom. The molecule has 1 amide bonds. The highest BCUT2D eigenvalue weighted by Gasteiger charge is 2.45. The van der Waals surface area contributed by atoms with E-state index in [0.29, 0.717) is 44.7 Å².